The topological polar surface area (TPSA) is 77.9 Å². The van der Waals surface area contributed by atoms with Gasteiger partial charge in [-0.05, 0) is 12.1 Å². The number of hydrogen-bond acceptors (Lipinski definition) is 7. The number of imide groups is 1. The van der Waals surface area contributed by atoms with Crippen LogP contribution >= 0.6 is 0 Å². The highest BCUT2D eigenvalue weighted by Gasteiger charge is 2.54. The number of likely N-dealkylation sites (N-methyl/N-ethyl adjacent to an activating group) is 1. The Balaban J connectivity index is 1.71. The summed E-state index contributed by atoms with van der Waals surface area (Å²) in [5, 5.41) is 0. The summed E-state index contributed by atoms with van der Waals surface area (Å²) in [7, 11) is 4.89. The Bertz CT molecular complexity index is 870. The standard InChI is InChI=1S/C19H23N5O4/c1-5-8-24-17(25)15-16(21(2)19(24)26)20-18-22(9-10-23(15)18)13-11-12(27-3)6-7-14(13)28-4/h5-7,11,15-16H,1,8-10H2,2-4H3. The van der Waals surface area contributed by atoms with Gasteiger partial charge in [0.25, 0.3) is 5.91 Å². The van der Waals surface area contributed by atoms with E-state index in [0.29, 0.717) is 30.5 Å². The fraction of sp³-hybridized carbons (Fsp3) is 0.421. The molecule has 3 heterocycles. The van der Waals surface area contributed by atoms with Gasteiger partial charge in [0.1, 0.15) is 11.5 Å². The van der Waals surface area contributed by atoms with E-state index >= 15 is 0 Å². The van der Waals surface area contributed by atoms with E-state index in [4.69, 9.17) is 14.5 Å². The number of nitrogens with zero attached hydrogens (tertiary/aromatic N) is 5. The van der Waals surface area contributed by atoms with Crippen LogP contribution in [0.4, 0.5) is 10.5 Å². The first-order chi connectivity index (χ1) is 13.5. The van der Waals surface area contributed by atoms with Gasteiger partial charge >= 0.3 is 6.03 Å². The summed E-state index contributed by atoms with van der Waals surface area (Å²) in [4.78, 5) is 37.0. The summed E-state index contributed by atoms with van der Waals surface area (Å²) < 4.78 is 10.9. The van der Waals surface area contributed by atoms with Crippen molar-refractivity contribution < 1.29 is 19.1 Å². The van der Waals surface area contributed by atoms with Crippen molar-refractivity contribution >= 4 is 23.6 Å². The smallest absolute Gasteiger partial charge is 0.328 e. The molecule has 0 radical (unpaired) electrons. The lowest BCUT2D eigenvalue weighted by atomic mass is 10.1. The van der Waals surface area contributed by atoms with Gasteiger partial charge in [0.05, 0.1) is 19.9 Å². The van der Waals surface area contributed by atoms with E-state index in [1.54, 1.807) is 27.3 Å². The third-order valence-corrected chi connectivity index (χ3v) is 5.37. The molecule has 0 spiro atoms. The van der Waals surface area contributed by atoms with Gasteiger partial charge < -0.3 is 24.2 Å². The highest BCUT2D eigenvalue weighted by Crippen LogP contribution is 2.38. The fourth-order valence-corrected chi connectivity index (χ4v) is 3.97. The lowest BCUT2D eigenvalue weighted by Gasteiger charge is -2.40. The van der Waals surface area contributed by atoms with E-state index in [9.17, 15) is 9.59 Å². The zero-order valence-electron chi connectivity index (χ0n) is 16.2. The second kappa shape index (κ2) is 6.74. The summed E-state index contributed by atoms with van der Waals surface area (Å²) in [5.74, 6) is 1.80. The van der Waals surface area contributed by atoms with Crippen molar-refractivity contribution in [1.82, 2.24) is 14.7 Å². The normalized spacial score (nSPS) is 23.6. The van der Waals surface area contributed by atoms with Gasteiger partial charge in [0.2, 0.25) is 5.96 Å². The van der Waals surface area contributed by atoms with Crippen LogP contribution in [0.5, 0.6) is 11.5 Å². The van der Waals surface area contributed by atoms with Crippen LogP contribution in [0, 0.1) is 0 Å². The molecule has 4 rings (SSSR count). The summed E-state index contributed by atoms with van der Waals surface area (Å²) in [5.41, 5.74) is 0.811. The number of aliphatic imine (C=N–C) groups is 1. The van der Waals surface area contributed by atoms with Crippen molar-refractivity contribution in [3.05, 3.63) is 30.9 Å². The van der Waals surface area contributed by atoms with Crippen molar-refractivity contribution in [3.63, 3.8) is 0 Å². The first-order valence-electron chi connectivity index (χ1n) is 9.05. The van der Waals surface area contributed by atoms with Crippen LogP contribution < -0.4 is 14.4 Å². The Labute approximate surface area is 163 Å². The zero-order valence-corrected chi connectivity index (χ0v) is 16.2. The van der Waals surface area contributed by atoms with Crippen molar-refractivity contribution in [2.75, 3.05) is 45.8 Å². The Morgan fingerprint density at radius 3 is 2.71 bits per heavy atom. The number of benzene rings is 1. The summed E-state index contributed by atoms with van der Waals surface area (Å²) in [6.45, 7) is 5.10. The van der Waals surface area contributed by atoms with Gasteiger partial charge in [0, 0.05) is 32.7 Å². The van der Waals surface area contributed by atoms with Crippen LogP contribution in [0.3, 0.4) is 0 Å². The minimum absolute atomic E-state index is 0.182. The number of methoxy groups -OCH3 is 2. The largest absolute Gasteiger partial charge is 0.497 e. The van der Waals surface area contributed by atoms with Crippen molar-refractivity contribution in [2.45, 2.75) is 12.2 Å². The molecule has 0 aromatic heterocycles. The van der Waals surface area contributed by atoms with Crippen molar-refractivity contribution in [1.29, 1.82) is 0 Å². The Kier molecular flexibility index (Phi) is 4.37. The third-order valence-electron chi connectivity index (χ3n) is 5.37. The van der Waals surface area contributed by atoms with Gasteiger partial charge in [-0.25, -0.2) is 9.79 Å². The third kappa shape index (κ3) is 2.49. The van der Waals surface area contributed by atoms with Crippen LogP contribution in [0.2, 0.25) is 0 Å². The Morgan fingerprint density at radius 2 is 2.04 bits per heavy atom. The summed E-state index contributed by atoms with van der Waals surface area (Å²) >= 11 is 0. The first kappa shape index (κ1) is 18.1. The number of anilines is 1. The molecule has 1 aromatic carbocycles. The van der Waals surface area contributed by atoms with E-state index in [1.165, 1.54) is 9.80 Å². The molecule has 0 aliphatic carbocycles. The van der Waals surface area contributed by atoms with Crippen LogP contribution in [-0.2, 0) is 4.79 Å². The van der Waals surface area contributed by atoms with E-state index < -0.39 is 12.2 Å². The molecule has 0 bridgehead atoms. The van der Waals surface area contributed by atoms with E-state index in [-0.39, 0.29) is 18.5 Å². The van der Waals surface area contributed by atoms with Gasteiger partial charge in [-0.3, -0.25) is 9.69 Å². The predicted octanol–water partition coefficient (Wildman–Crippen LogP) is 0.970. The molecule has 3 aliphatic heterocycles. The molecule has 0 saturated carbocycles. The first-order valence-corrected chi connectivity index (χ1v) is 9.05. The SMILES string of the molecule is C=CCN1C(=O)C2C(N=C3N(c4cc(OC)ccc4OC)CCN32)N(C)C1=O. The van der Waals surface area contributed by atoms with Gasteiger partial charge in [-0.1, -0.05) is 6.08 Å². The number of urea groups is 1. The Morgan fingerprint density at radius 1 is 1.25 bits per heavy atom. The monoisotopic (exact) mass is 385 g/mol. The molecule has 2 fully saturated rings. The number of fused-ring (bicyclic) bond motifs is 3. The molecule has 2 unspecified atom stereocenters. The number of guanidine groups is 1. The minimum Gasteiger partial charge on any atom is -0.497 e. The second-order valence-electron chi connectivity index (χ2n) is 6.80. The van der Waals surface area contributed by atoms with Crippen LogP contribution in [0.1, 0.15) is 0 Å². The van der Waals surface area contributed by atoms with E-state index in [2.05, 4.69) is 6.58 Å². The second-order valence-corrected chi connectivity index (χ2v) is 6.80. The van der Waals surface area contributed by atoms with Crippen LogP contribution in [0.25, 0.3) is 0 Å². The Hall–Kier alpha value is -3.23. The molecule has 2 saturated heterocycles. The van der Waals surface area contributed by atoms with E-state index in [0.717, 1.165) is 5.69 Å². The van der Waals surface area contributed by atoms with Gasteiger partial charge in [-0.15, -0.1) is 6.58 Å². The predicted molar refractivity (Wildman–Crippen MR) is 104 cm³/mol. The molecule has 9 nitrogen and oxygen atoms in total. The maximum atomic E-state index is 13.0. The highest BCUT2D eigenvalue weighted by atomic mass is 16.5. The van der Waals surface area contributed by atoms with Crippen LogP contribution in [0.15, 0.2) is 35.8 Å². The molecule has 148 valence electrons. The van der Waals surface area contributed by atoms with E-state index in [1.807, 2.05) is 28.0 Å². The number of carbonyl (C=O) groups is 2. The number of hydrogen-bond donors (Lipinski definition) is 0. The quantitative estimate of drug-likeness (QED) is 0.703. The molecule has 0 N–H and O–H groups in total. The lowest BCUT2D eigenvalue weighted by molar-refractivity contribution is -0.136. The van der Waals surface area contributed by atoms with Crippen molar-refractivity contribution in [2.24, 2.45) is 4.99 Å². The number of amides is 3. The highest BCUT2D eigenvalue weighted by molar-refractivity contribution is 6.08. The fourth-order valence-electron chi connectivity index (χ4n) is 3.97. The molecule has 9 heteroatoms. The lowest BCUT2D eigenvalue weighted by Crippen LogP contribution is -2.64. The van der Waals surface area contributed by atoms with Gasteiger partial charge in [-0.2, -0.15) is 0 Å². The number of carbonyl (C=O) groups excluding carboxylic acids is 2. The average molecular weight is 385 g/mol. The molecular weight excluding hydrogens is 362 g/mol. The number of ether oxygens (including phenoxy) is 2. The summed E-state index contributed by atoms with van der Waals surface area (Å²) in [6.07, 6.45) is 1.01. The number of rotatable bonds is 5. The molecule has 3 aliphatic rings. The molecule has 28 heavy (non-hydrogen) atoms. The summed E-state index contributed by atoms with van der Waals surface area (Å²) in [6, 6.07) is 4.66. The minimum atomic E-state index is -0.546. The van der Waals surface area contributed by atoms with Gasteiger partial charge in [0.15, 0.2) is 12.2 Å². The van der Waals surface area contributed by atoms with Crippen LogP contribution in [-0.4, -0.2) is 85.7 Å². The zero-order chi connectivity index (χ0) is 20.0. The molecule has 1 aromatic rings. The molecular formula is C19H23N5O4. The average Bonchev–Trinajstić information content (AvgIpc) is 3.28. The van der Waals surface area contributed by atoms with Crippen molar-refractivity contribution in [3.8, 4) is 11.5 Å². The maximum absolute atomic E-state index is 13.0. The maximum Gasteiger partial charge on any atom is 0.328 e. The molecule has 2 atom stereocenters. The molecule has 3 amide bonds.